The molecule has 0 atom stereocenters. The lowest BCUT2D eigenvalue weighted by atomic mass is 10.2. The first-order valence-electron chi connectivity index (χ1n) is 4.34. The van der Waals surface area contributed by atoms with E-state index in [0.29, 0.717) is 0 Å². The second kappa shape index (κ2) is 3.88. The fraction of sp³-hybridized carbons (Fsp3) is 0.182. The second-order valence-corrected chi connectivity index (χ2v) is 3.67. The lowest BCUT2D eigenvalue weighted by Crippen LogP contribution is -1.91. The van der Waals surface area contributed by atoms with E-state index in [1.807, 2.05) is 24.5 Å². The Morgan fingerprint density at radius 2 is 2.14 bits per heavy atom. The fourth-order valence-corrected chi connectivity index (χ4v) is 2.03. The number of para-hydroxylation sites is 1. The molecule has 1 heterocycles. The van der Waals surface area contributed by atoms with Crippen LogP contribution in [0.25, 0.3) is 11.0 Å². The summed E-state index contributed by atoms with van der Waals surface area (Å²) in [5.41, 5.74) is 1.99. The van der Waals surface area contributed by atoms with Gasteiger partial charge in [-0.25, -0.2) is 0 Å². The average Bonchev–Trinajstić information content (AvgIpc) is 2.65. The maximum atomic E-state index is 5.44. The zero-order chi connectivity index (χ0) is 9.97. The third-order valence-corrected chi connectivity index (χ3v) is 2.90. The predicted octanol–water partition coefficient (Wildman–Crippen LogP) is 3.17. The van der Waals surface area contributed by atoms with Gasteiger partial charge in [-0.1, -0.05) is 18.2 Å². The van der Waals surface area contributed by atoms with Gasteiger partial charge in [-0.2, -0.15) is 0 Å². The summed E-state index contributed by atoms with van der Waals surface area (Å²) in [6, 6.07) is 7.99. The van der Waals surface area contributed by atoms with Gasteiger partial charge in [0, 0.05) is 12.4 Å². The standard InChI is InChI=1S/C11H11NOS/c1-12-11(14-2)9-7-13-10-6-4-3-5-8(9)10/h3-7H,1-2H3. The Morgan fingerprint density at radius 3 is 2.86 bits per heavy atom. The molecule has 0 saturated carbocycles. The van der Waals surface area contributed by atoms with Gasteiger partial charge in [0.25, 0.3) is 0 Å². The van der Waals surface area contributed by atoms with Crippen molar-refractivity contribution < 1.29 is 4.42 Å². The number of benzene rings is 1. The lowest BCUT2D eigenvalue weighted by molar-refractivity contribution is 0.615. The summed E-state index contributed by atoms with van der Waals surface area (Å²) in [7, 11) is 1.80. The highest BCUT2D eigenvalue weighted by Crippen LogP contribution is 2.24. The number of hydrogen-bond acceptors (Lipinski definition) is 3. The molecule has 3 heteroatoms. The summed E-state index contributed by atoms with van der Waals surface area (Å²) in [5.74, 6) is 0. The number of nitrogens with zero attached hydrogens (tertiary/aromatic N) is 1. The van der Waals surface area contributed by atoms with Gasteiger partial charge in [0.1, 0.15) is 16.9 Å². The minimum atomic E-state index is 0.915. The van der Waals surface area contributed by atoms with E-state index in [0.717, 1.165) is 21.6 Å². The van der Waals surface area contributed by atoms with Crippen molar-refractivity contribution in [1.29, 1.82) is 0 Å². The first-order valence-corrected chi connectivity index (χ1v) is 5.56. The van der Waals surface area contributed by atoms with Gasteiger partial charge in [0.05, 0.1) is 5.56 Å². The smallest absolute Gasteiger partial charge is 0.134 e. The highest BCUT2D eigenvalue weighted by Gasteiger charge is 2.09. The van der Waals surface area contributed by atoms with Crippen LogP contribution in [-0.2, 0) is 0 Å². The Hall–Kier alpha value is -1.22. The molecule has 0 aliphatic carbocycles. The van der Waals surface area contributed by atoms with E-state index in [1.54, 1.807) is 25.1 Å². The van der Waals surface area contributed by atoms with Gasteiger partial charge in [0.15, 0.2) is 0 Å². The molecule has 1 aromatic carbocycles. The summed E-state index contributed by atoms with van der Waals surface area (Å²) in [5, 5.41) is 2.14. The molecule has 2 rings (SSSR count). The molecular weight excluding hydrogens is 194 g/mol. The highest BCUT2D eigenvalue weighted by atomic mass is 32.2. The Kier molecular flexibility index (Phi) is 2.59. The topological polar surface area (TPSA) is 25.5 Å². The molecule has 0 aliphatic rings. The van der Waals surface area contributed by atoms with Gasteiger partial charge in [0.2, 0.25) is 0 Å². The first-order chi connectivity index (χ1) is 6.86. The maximum Gasteiger partial charge on any atom is 0.134 e. The van der Waals surface area contributed by atoms with Gasteiger partial charge >= 0.3 is 0 Å². The number of rotatable bonds is 1. The normalized spacial score (nSPS) is 12.3. The number of hydrogen-bond donors (Lipinski definition) is 0. The number of furan rings is 1. The van der Waals surface area contributed by atoms with Crippen LogP contribution in [0.1, 0.15) is 5.56 Å². The highest BCUT2D eigenvalue weighted by molar-refractivity contribution is 8.13. The van der Waals surface area contributed by atoms with Crippen molar-refractivity contribution in [2.24, 2.45) is 4.99 Å². The van der Waals surface area contributed by atoms with Crippen LogP contribution in [0, 0.1) is 0 Å². The molecule has 0 unspecified atom stereocenters. The quantitative estimate of drug-likeness (QED) is 0.528. The second-order valence-electron chi connectivity index (χ2n) is 2.88. The zero-order valence-corrected chi connectivity index (χ0v) is 8.97. The number of fused-ring (bicyclic) bond motifs is 1. The summed E-state index contributed by atoms with van der Waals surface area (Å²) in [4.78, 5) is 4.22. The molecule has 0 saturated heterocycles. The van der Waals surface area contributed by atoms with E-state index in [1.165, 1.54) is 0 Å². The molecular formula is C11H11NOS. The van der Waals surface area contributed by atoms with E-state index in [2.05, 4.69) is 11.1 Å². The monoisotopic (exact) mass is 205 g/mol. The predicted molar refractivity (Wildman–Crippen MR) is 62.2 cm³/mol. The molecule has 2 nitrogen and oxygen atoms in total. The van der Waals surface area contributed by atoms with Crippen LogP contribution in [0.15, 0.2) is 39.9 Å². The molecule has 0 aliphatic heterocycles. The van der Waals surface area contributed by atoms with Crippen molar-refractivity contribution in [3.05, 3.63) is 36.1 Å². The zero-order valence-electron chi connectivity index (χ0n) is 8.15. The minimum absolute atomic E-state index is 0.915. The van der Waals surface area contributed by atoms with Gasteiger partial charge in [-0.15, -0.1) is 11.8 Å². The molecule has 72 valence electrons. The van der Waals surface area contributed by atoms with Gasteiger partial charge < -0.3 is 4.42 Å². The van der Waals surface area contributed by atoms with Crippen molar-refractivity contribution in [2.75, 3.05) is 13.3 Å². The van der Waals surface area contributed by atoms with Crippen LogP contribution in [0.4, 0.5) is 0 Å². The van der Waals surface area contributed by atoms with E-state index in [-0.39, 0.29) is 0 Å². The number of aliphatic imine (C=N–C) groups is 1. The van der Waals surface area contributed by atoms with Crippen LogP contribution >= 0.6 is 11.8 Å². The third kappa shape index (κ3) is 1.44. The van der Waals surface area contributed by atoms with Crippen molar-refractivity contribution in [3.8, 4) is 0 Å². The van der Waals surface area contributed by atoms with E-state index < -0.39 is 0 Å². The third-order valence-electron chi connectivity index (χ3n) is 2.11. The summed E-state index contributed by atoms with van der Waals surface area (Å²) in [6.07, 6.45) is 3.79. The SMILES string of the molecule is CN=C(SC)c1coc2ccccc12. The Balaban J connectivity index is 2.63. The number of thioether (sulfide) groups is 1. The van der Waals surface area contributed by atoms with Crippen molar-refractivity contribution in [3.63, 3.8) is 0 Å². The van der Waals surface area contributed by atoms with E-state index in [4.69, 9.17) is 4.42 Å². The van der Waals surface area contributed by atoms with Crippen LogP contribution < -0.4 is 0 Å². The summed E-state index contributed by atoms with van der Waals surface area (Å²) < 4.78 is 5.44. The van der Waals surface area contributed by atoms with E-state index >= 15 is 0 Å². The van der Waals surface area contributed by atoms with Crippen molar-refractivity contribution in [2.45, 2.75) is 0 Å². The summed E-state index contributed by atoms with van der Waals surface area (Å²) in [6.45, 7) is 0. The summed E-state index contributed by atoms with van der Waals surface area (Å²) >= 11 is 1.63. The molecule has 14 heavy (non-hydrogen) atoms. The van der Waals surface area contributed by atoms with Crippen LogP contribution in [-0.4, -0.2) is 18.3 Å². The molecule has 0 amide bonds. The molecule has 0 N–H and O–H groups in total. The Bertz CT molecular complexity index is 473. The molecule has 0 fully saturated rings. The Labute approximate surface area is 87.0 Å². The molecule has 1 aromatic heterocycles. The molecule has 2 aromatic rings. The molecule has 0 bridgehead atoms. The van der Waals surface area contributed by atoms with Crippen LogP contribution in [0.3, 0.4) is 0 Å². The molecule has 0 spiro atoms. The van der Waals surface area contributed by atoms with Crippen molar-refractivity contribution >= 4 is 27.8 Å². The van der Waals surface area contributed by atoms with E-state index in [9.17, 15) is 0 Å². The van der Waals surface area contributed by atoms with Crippen LogP contribution in [0.2, 0.25) is 0 Å². The lowest BCUT2D eigenvalue weighted by Gasteiger charge is -1.97. The average molecular weight is 205 g/mol. The van der Waals surface area contributed by atoms with Crippen molar-refractivity contribution in [1.82, 2.24) is 0 Å². The fourth-order valence-electron chi connectivity index (χ4n) is 1.47. The largest absolute Gasteiger partial charge is 0.464 e. The Morgan fingerprint density at radius 1 is 1.36 bits per heavy atom. The van der Waals surface area contributed by atoms with Gasteiger partial charge in [-0.3, -0.25) is 4.99 Å². The minimum Gasteiger partial charge on any atom is -0.464 e. The first kappa shape index (κ1) is 9.34. The van der Waals surface area contributed by atoms with Gasteiger partial charge in [-0.05, 0) is 12.3 Å². The van der Waals surface area contributed by atoms with Crippen LogP contribution in [0.5, 0.6) is 0 Å². The molecule has 0 radical (unpaired) electrons. The maximum absolute atomic E-state index is 5.44.